The van der Waals surface area contributed by atoms with E-state index in [4.69, 9.17) is 0 Å². The van der Waals surface area contributed by atoms with Crippen LogP contribution >= 0.6 is 35.3 Å². The lowest BCUT2D eigenvalue weighted by atomic mass is 10.2. The Labute approximate surface area is 207 Å². The maximum atomic E-state index is 12.6. The average molecular weight is 556 g/mol. The molecule has 31 heavy (non-hydrogen) atoms. The first-order valence-corrected chi connectivity index (χ1v) is 11.6. The van der Waals surface area contributed by atoms with Crippen LogP contribution in [0.1, 0.15) is 18.2 Å². The molecule has 1 aliphatic rings. The third-order valence-corrected chi connectivity index (χ3v) is 6.25. The number of likely N-dealkylation sites (N-methyl/N-ethyl adjacent to an activating group) is 1. The van der Waals surface area contributed by atoms with Crippen molar-refractivity contribution in [2.45, 2.75) is 19.8 Å². The number of carbonyl (C=O) groups excluding carboxylic acids is 1. The molecule has 1 aromatic heterocycles. The standard InChI is InChI=1S/C23H33N5OS.HI/c1-3-24-23(26(2)14-12-21-10-7-19-30-21)25-13-11-22(29)28-17-15-27(16-18-28)20-8-5-4-6-9-20;/h4-10,19H,3,11-18H2,1-2H3,(H,24,25);1H. The molecule has 170 valence electrons. The van der Waals surface area contributed by atoms with E-state index in [1.807, 2.05) is 11.0 Å². The smallest absolute Gasteiger partial charge is 0.224 e. The number of piperazine rings is 1. The highest BCUT2D eigenvalue weighted by Gasteiger charge is 2.20. The van der Waals surface area contributed by atoms with Crippen LogP contribution in [0.2, 0.25) is 0 Å². The zero-order valence-corrected chi connectivity index (χ0v) is 21.6. The van der Waals surface area contributed by atoms with Crippen LogP contribution < -0.4 is 10.2 Å². The molecular weight excluding hydrogens is 521 g/mol. The summed E-state index contributed by atoms with van der Waals surface area (Å²) in [5.41, 5.74) is 1.23. The number of aliphatic imine (C=N–C) groups is 1. The number of benzene rings is 1. The van der Waals surface area contributed by atoms with Crippen LogP contribution in [-0.2, 0) is 11.2 Å². The Hall–Kier alpha value is -1.81. The number of anilines is 1. The number of nitrogens with zero attached hydrogens (tertiary/aromatic N) is 4. The monoisotopic (exact) mass is 555 g/mol. The van der Waals surface area contributed by atoms with E-state index in [2.05, 4.69) is 75.9 Å². The molecule has 0 aliphatic carbocycles. The normalized spacial score (nSPS) is 14.2. The minimum atomic E-state index is 0. The molecule has 0 radical (unpaired) electrons. The topological polar surface area (TPSA) is 51.2 Å². The number of rotatable bonds is 8. The fourth-order valence-corrected chi connectivity index (χ4v) is 4.27. The SMILES string of the molecule is CCNC(=NCCC(=O)N1CCN(c2ccccc2)CC1)N(C)CCc1cccs1.I. The van der Waals surface area contributed by atoms with Crippen LogP contribution in [0.5, 0.6) is 0 Å². The lowest BCUT2D eigenvalue weighted by molar-refractivity contribution is -0.131. The minimum Gasteiger partial charge on any atom is -0.368 e. The number of hydrogen-bond acceptors (Lipinski definition) is 4. The maximum Gasteiger partial charge on any atom is 0.224 e. The van der Waals surface area contributed by atoms with Gasteiger partial charge in [0.25, 0.3) is 0 Å². The molecule has 1 saturated heterocycles. The molecule has 1 amide bonds. The third-order valence-electron chi connectivity index (χ3n) is 5.31. The number of carbonyl (C=O) groups is 1. The highest BCUT2D eigenvalue weighted by Crippen LogP contribution is 2.16. The van der Waals surface area contributed by atoms with Crippen LogP contribution in [0.15, 0.2) is 52.8 Å². The van der Waals surface area contributed by atoms with Crippen LogP contribution in [0.25, 0.3) is 0 Å². The number of hydrogen-bond donors (Lipinski definition) is 1. The van der Waals surface area contributed by atoms with Crippen molar-refractivity contribution in [2.24, 2.45) is 4.99 Å². The molecule has 0 bridgehead atoms. The summed E-state index contributed by atoms with van der Waals surface area (Å²) in [6.45, 7) is 7.62. The fraction of sp³-hybridized carbons (Fsp3) is 0.478. The highest BCUT2D eigenvalue weighted by molar-refractivity contribution is 14.0. The van der Waals surface area contributed by atoms with E-state index in [-0.39, 0.29) is 29.9 Å². The fourth-order valence-electron chi connectivity index (χ4n) is 3.58. The molecule has 1 N–H and O–H groups in total. The van der Waals surface area contributed by atoms with Crippen molar-refractivity contribution < 1.29 is 4.79 Å². The summed E-state index contributed by atoms with van der Waals surface area (Å²) < 4.78 is 0. The van der Waals surface area contributed by atoms with E-state index in [0.717, 1.165) is 51.6 Å². The molecule has 0 unspecified atom stereocenters. The highest BCUT2D eigenvalue weighted by atomic mass is 127. The molecule has 2 aromatic rings. The Balaban J connectivity index is 0.00000341. The lowest BCUT2D eigenvalue weighted by Crippen LogP contribution is -2.49. The van der Waals surface area contributed by atoms with Gasteiger partial charge < -0.3 is 20.0 Å². The Bertz CT molecular complexity index is 792. The predicted molar refractivity (Wildman–Crippen MR) is 142 cm³/mol. The molecule has 0 spiro atoms. The predicted octanol–water partition coefficient (Wildman–Crippen LogP) is 3.54. The summed E-state index contributed by atoms with van der Waals surface area (Å²) in [4.78, 5) is 25.2. The zero-order valence-electron chi connectivity index (χ0n) is 18.5. The quantitative estimate of drug-likeness (QED) is 0.308. The summed E-state index contributed by atoms with van der Waals surface area (Å²) >= 11 is 1.79. The van der Waals surface area contributed by atoms with Crippen molar-refractivity contribution in [3.05, 3.63) is 52.7 Å². The van der Waals surface area contributed by atoms with Gasteiger partial charge in [-0.25, -0.2) is 0 Å². The van der Waals surface area contributed by atoms with Crippen molar-refractivity contribution in [1.29, 1.82) is 0 Å². The van der Waals surface area contributed by atoms with Gasteiger partial charge in [-0.1, -0.05) is 24.3 Å². The van der Waals surface area contributed by atoms with Gasteiger partial charge in [0.05, 0.1) is 6.54 Å². The second-order valence-corrected chi connectivity index (χ2v) is 8.47. The van der Waals surface area contributed by atoms with Gasteiger partial charge in [0, 0.05) is 63.3 Å². The largest absolute Gasteiger partial charge is 0.368 e. The van der Waals surface area contributed by atoms with E-state index in [9.17, 15) is 4.79 Å². The second kappa shape index (κ2) is 13.6. The van der Waals surface area contributed by atoms with E-state index < -0.39 is 0 Å². The van der Waals surface area contributed by atoms with Crippen LogP contribution in [0.4, 0.5) is 5.69 Å². The summed E-state index contributed by atoms with van der Waals surface area (Å²) in [5, 5.41) is 5.45. The van der Waals surface area contributed by atoms with E-state index in [0.29, 0.717) is 13.0 Å². The van der Waals surface area contributed by atoms with E-state index in [1.165, 1.54) is 10.6 Å². The first-order chi connectivity index (χ1) is 14.7. The van der Waals surface area contributed by atoms with Crippen molar-refractivity contribution in [3.63, 3.8) is 0 Å². The Morgan fingerprint density at radius 1 is 1.13 bits per heavy atom. The molecule has 1 aromatic carbocycles. The first kappa shape index (κ1) is 25.5. The number of thiophene rings is 1. The van der Waals surface area contributed by atoms with Gasteiger partial charge in [-0.3, -0.25) is 9.79 Å². The molecule has 6 nitrogen and oxygen atoms in total. The summed E-state index contributed by atoms with van der Waals surface area (Å²) in [6, 6.07) is 14.7. The number of amides is 1. The number of guanidine groups is 1. The van der Waals surface area contributed by atoms with Crippen molar-refractivity contribution in [2.75, 3.05) is 57.8 Å². The van der Waals surface area contributed by atoms with Gasteiger partial charge >= 0.3 is 0 Å². The Morgan fingerprint density at radius 3 is 2.52 bits per heavy atom. The molecule has 0 saturated carbocycles. The van der Waals surface area contributed by atoms with E-state index >= 15 is 0 Å². The lowest BCUT2D eigenvalue weighted by Gasteiger charge is -2.36. The number of para-hydroxylation sites is 1. The van der Waals surface area contributed by atoms with Gasteiger partial charge in [0.2, 0.25) is 5.91 Å². The van der Waals surface area contributed by atoms with Gasteiger partial charge in [-0.2, -0.15) is 0 Å². The maximum absolute atomic E-state index is 12.6. The van der Waals surface area contributed by atoms with Crippen molar-refractivity contribution in [1.82, 2.24) is 15.1 Å². The molecule has 1 fully saturated rings. The van der Waals surface area contributed by atoms with Gasteiger partial charge in [-0.15, -0.1) is 35.3 Å². The summed E-state index contributed by atoms with van der Waals surface area (Å²) in [5.74, 6) is 1.07. The first-order valence-electron chi connectivity index (χ1n) is 10.8. The van der Waals surface area contributed by atoms with Gasteiger partial charge in [-0.05, 0) is 36.9 Å². The van der Waals surface area contributed by atoms with Crippen LogP contribution in [0, 0.1) is 0 Å². The molecule has 8 heteroatoms. The molecule has 0 atom stereocenters. The summed E-state index contributed by atoms with van der Waals surface area (Å²) in [6.07, 6.45) is 1.46. The van der Waals surface area contributed by atoms with Gasteiger partial charge in [0.15, 0.2) is 5.96 Å². The van der Waals surface area contributed by atoms with Gasteiger partial charge in [0.1, 0.15) is 0 Å². The van der Waals surface area contributed by atoms with Crippen LogP contribution in [-0.4, -0.2) is 74.5 Å². The second-order valence-electron chi connectivity index (χ2n) is 7.44. The third kappa shape index (κ3) is 7.99. The molecule has 3 rings (SSSR count). The molecule has 1 aliphatic heterocycles. The zero-order chi connectivity index (χ0) is 21.2. The number of nitrogens with one attached hydrogen (secondary N) is 1. The molecular formula is C23H34IN5OS. The average Bonchev–Trinajstić information content (AvgIpc) is 3.31. The van der Waals surface area contributed by atoms with E-state index in [1.54, 1.807) is 11.3 Å². The Morgan fingerprint density at radius 2 is 1.87 bits per heavy atom. The van der Waals surface area contributed by atoms with Crippen molar-refractivity contribution >= 4 is 52.9 Å². The van der Waals surface area contributed by atoms with Crippen molar-refractivity contribution in [3.8, 4) is 0 Å². The summed E-state index contributed by atoms with van der Waals surface area (Å²) in [7, 11) is 2.06. The van der Waals surface area contributed by atoms with Crippen LogP contribution in [0.3, 0.4) is 0 Å². The number of halogens is 1. The molecule has 2 heterocycles. The Kier molecular flexibility index (Phi) is 11.1. The minimum absolute atomic E-state index is 0.